The van der Waals surface area contributed by atoms with Crippen LogP contribution in [0, 0.1) is 0 Å². The Morgan fingerprint density at radius 2 is 1.88 bits per heavy atom. The highest BCUT2D eigenvalue weighted by molar-refractivity contribution is 6.74. The molecule has 0 aromatic heterocycles. The molecule has 1 fully saturated rings. The molecule has 0 radical (unpaired) electrons. The van der Waals surface area contributed by atoms with E-state index < -0.39 is 8.32 Å². The van der Waals surface area contributed by atoms with Crippen molar-refractivity contribution in [2.75, 3.05) is 13.2 Å². The van der Waals surface area contributed by atoms with Crippen molar-refractivity contribution in [3.05, 3.63) is 35.9 Å². The van der Waals surface area contributed by atoms with E-state index in [2.05, 4.69) is 33.9 Å². The lowest BCUT2D eigenvalue weighted by molar-refractivity contribution is 0.0961. The fourth-order valence-electron chi connectivity index (χ4n) is 2.66. The highest BCUT2D eigenvalue weighted by atomic mass is 28.4. The number of cyclic esters (lactones) is 1. The van der Waals surface area contributed by atoms with E-state index in [9.17, 15) is 9.90 Å². The third-order valence-corrected chi connectivity index (χ3v) is 9.85. The lowest BCUT2D eigenvalue weighted by Gasteiger charge is -2.38. The maximum atomic E-state index is 12.4. The van der Waals surface area contributed by atoms with Gasteiger partial charge in [0.15, 0.2) is 8.32 Å². The number of hydrogen-bond donors (Lipinski definition) is 1. The van der Waals surface area contributed by atoms with Gasteiger partial charge in [0, 0.05) is 19.6 Å². The Labute approximate surface area is 152 Å². The van der Waals surface area contributed by atoms with Crippen LogP contribution >= 0.6 is 0 Å². The van der Waals surface area contributed by atoms with E-state index in [1.807, 2.05) is 30.3 Å². The van der Waals surface area contributed by atoms with Gasteiger partial charge >= 0.3 is 6.09 Å². The van der Waals surface area contributed by atoms with Crippen molar-refractivity contribution in [2.45, 2.75) is 64.0 Å². The first-order valence-corrected chi connectivity index (χ1v) is 11.8. The molecule has 1 saturated heterocycles. The van der Waals surface area contributed by atoms with Crippen LogP contribution in [0.15, 0.2) is 30.3 Å². The Bertz CT molecular complexity index is 571. The first kappa shape index (κ1) is 19.9. The largest absolute Gasteiger partial charge is 0.444 e. The highest BCUT2D eigenvalue weighted by Crippen LogP contribution is 2.37. The number of hydrogen-bond acceptors (Lipinski definition) is 4. The summed E-state index contributed by atoms with van der Waals surface area (Å²) < 4.78 is 11.9. The minimum absolute atomic E-state index is 0.00623. The van der Waals surface area contributed by atoms with Crippen molar-refractivity contribution in [1.82, 2.24) is 4.90 Å². The normalized spacial score (nSPS) is 21.5. The molecular weight excluding hydrogens is 334 g/mol. The summed E-state index contributed by atoms with van der Waals surface area (Å²) in [6.07, 6.45) is -0.222. The third-order valence-electron chi connectivity index (χ3n) is 5.35. The molecule has 0 saturated carbocycles. The summed E-state index contributed by atoms with van der Waals surface area (Å²) in [5.41, 5.74) is 1.06. The minimum Gasteiger partial charge on any atom is -0.444 e. The molecule has 0 spiro atoms. The lowest BCUT2D eigenvalue weighted by atomic mass is 10.1. The van der Waals surface area contributed by atoms with Crippen molar-refractivity contribution in [1.29, 1.82) is 0 Å². The van der Waals surface area contributed by atoms with Crippen molar-refractivity contribution >= 4 is 14.4 Å². The van der Waals surface area contributed by atoms with Gasteiger partial charge < -0.3 is 14.3 Å². The number of amides is 1. The topological polar surface area (TPSA) is 59.0 Å². The van der Waals surface area contributed by atoms with Crippen molar-refractivity contribution in [2.24, 2.45) is 0 Å². The van der Waals surface area contributed by atoms with Gasteiger partial charge in [-0.3, -0.25) is 4.90 Å². The van der Waals surface area contributed by atoms with Crippen molar-refractivity contribution in [3.63, 3.8) is 0 Å². The fourth-order valence-corrected chi connectivity index (χ4v) is 3.68. The zero-order valence-corrected chi connectivity index (χ0v) is 17.0. The SMILES string of the molecule is CC(C)(C)[Si](C)(C)OC[C@@H]1[C@@H](CCO)OC(=O)N1Cc1ccccc1. The number of benzene rings is 1. The van der Waals surface area contributed by atoms with Gasteiger partial charge in [0.05, 0.1) is 12.6 Å². The van der Waals surface area contributed by atoms with E-state index in [0.29, 0.717) is 19.6 Å². The molecule has 1 aromatic rings. The molecule has 6 heteroatoms. The van der Waals surface area contributed by atoms with Gasteiger partial charge in [-0.15, -0.1) is 0 Å². The average Bonchev–Trinajstić information content (AvgIpc) is 2.81. The summed E-state index contributed by atoms with van der Waals surface area (Å²) in [7, 11) is -1.92. The van der Waals surface area contributed by atoms with E-state index in [1.54, 1.807) is 4.90 Å². The number of rotatable bonds is 7. The third kappa shape index (κ3) is 4.83. The van der Waals surface area contributed by atoms with Crippen LogP contribution in [0.4, 0.5) is 4.79 Å². The number of carbonyl (C=O) groups excluding carboxylic acids is 1. The number of aliphatic hydroxyl groups is 1. The molecule has 2 atom stereocenters. The van der Waals surface area contributed by atoms with Crippen molar-refractivity contribution < 1.29 is 19.1 Å². The zero-order chi connectivity index (χ0) is 18.7. The number of aliphatic hydroxyl groups excluding tert-OH is 1. The van der Waals surface area contributed by atoms with Crippen LogP contribution in [0.2, 0.25) is 18.1 Å². The Hall–Kier alpha value is -1.37. The number of ether oxygens (including phenoxy) is 1. The molecular formula is C19H31NO4Si. The van der Waals surface area contributed by atoms with Gasteiger partial charge in [-0.2, -0.15) is 0 Å². The van der Waals surface area contributed by atoms with E-state index >= 15 is 0 Å². The van der Waals surface area contributed by atoms with Gasteiger partial charge in [-0.25, -0.2) is 4.79 Å². The van der Waals surface area contributed by atoms with Gasteiger partial charge in [0.25, 0.3) is 0 Å². The second-order valence-corrected chi connectivity index (χ2v) is 13.0. The van der Waals surface area contributed by atoms with E-state index in [0.717, 1.165) is 5.56 Å². The van der Waals surface area contributed by atoms with Gasteiger partial charge in [-0.05, 0) is 23.7 Å². The van der Waals surface area contributed by atoms with Crippen LogP contribution in [-0.2, 0) is 15.7 Å². The molecule has 0 bridgehead atoms. The Balaban J connectivity index is 2.14. The zero-order valence-electron chi connectivity index (χ0n) is 16.0. The molecule has 1 aromatic carbocycles. The predicted octanol–water partition coefficient (Wildman–Crippen LogP) is 3.78. The van der Waals surface area contributed by atoms with Gasteiger partial charge in [-0.1, -0.05) is 51.1 Å². The number of carbonyl (C=O) groups is 1. The summed E-state index contributed by atoms with van der Waals surface area (Å²) in [4.78, 5) is 14.1. The smallest absolute Gasteiger partial charge is 0.410 e. The second-order valence-electron chi connectivity index (χ2n) is 8.19. The van der Waals surface area contributed by atoms with E-state index in [4.69, 9.17) is 9.16 Å². The summed E-state index contributed by atoms with van der Waals surface area (Å²) in [6, 6.07) is 9.70. The highest BCUT2D eigenvalue weighted by Gasteiger charge is 2.44. The maximum absolute atomic E-state index is 12.4. The Kier molecular flexibility index (Phi) is 6.29. The molecule has 1 aliphatic heterocycles. The van der Waals surface area contributed by atoms with Crippen LogP contribution in [0.3, 0.4) is 0 Å². The maximum Gasteiger partial charge on any atom is 0.410 e. The molecule has 2 rings (SSSR count). The monoisotopic (exact) mass is 365 g/mol. The second kappa shape index (κ2) is 7.89. The van der Waals surface area contributed by atoms with Crippen LogP contribution in [0.1, 0.15) is 32.8 Å². The first-order valence-electron chi connectivity index (χ1n) is 8.92. The van der Waals surface area contributed by atoms with Crippen LogP contribution < -0.4 is 0 Å². The predicted molar refractivity (Wildman–Crippen MR) is 101 cm³/mol. The Morgan fingerprint density at radius 3 is 2.44 bits per heavy atom. The molecule has 0 aliphatic carbocycles. The summed E-state index contributed by atoms with van der Waals surface area (Å²) in [5.74, 6) is 0. The average molecular weight is 366 g/mol. The summed E-state index contributed by atoms with van der Waals surface area (Å²) >= 11 is 0. The fraction of sp³-hybridized carbons (Fsp3) is 0.632. The quantitative estimate of drug-likeness (QED) is 0.747. The molecule has 1 heterocycles. The van der Waals surface area contributed by atoms with Crippen LogP contribution in [0.5, 0.6) is 0 Å². The summed E-state index contributed by atoms with van der Waals surface area (Å²) in [6.45, 7) is 11.9. The van der Waals surface area contributed by atoms with Gasteiger partial charge in [0.1, 0.15) is 6.10 Å². The van der Waals surface area contributed by atoms with Crippen LogP contribution in [-0.4, -0.2) is 49.8 Å². The Morgan fingerprint density at radius 1 is 1.24 bits per heavy atom. The minimum atomic E-state index is -1.92. The van der Waals surface area contributed by atoms with E-state index in [-0.39, 0.29) is 29.9 Å². The standard InChI is InChI=1S/C19H31NO4Si/c1-19(2,3)25(4,5)23-14-16-17(11-12-21)24-18(22)20(16)13-15-9-7-6-8-10-15/h6-10,16-17,21H,11-14H2,1-5H3/t16-,17-/m1/s1. The molecule has 25 heavy (non-hydrogen) atoms. The molecule has 0 unspecified atom stereocenters. The number of nitrogens with zero attached hydrogens (tertiary/aromatic N) is 1. The van der Waals surface area contributed by atoms with E-state index in [1.165, 1.54) is 0 Å². The lowest BCUT2D eigenvalue weighted by Crippen LogP contribution is -2.47. The van der Waals surface area contributed by atoms with Gasteiger partial charge in [0.2, 0.25) is 0 Å². The molecule has 5 nitrogen and oxygen atoms in total. The molecule has 1 amide bonds. The van der Waals surface area contributed by atoms with Crippen molar-refractivity contribution in [3.8, 4) is 0 Å². The first-order chi connectivity index (χ1) is 11.7. The molecule has 1 N–H and O–H groups in total. The molecule has 140 valence electrons. The summed E-state index contributed by atoms with van der Waals surface area (Å²) in [5, 5.41) is 9.43. The van der Waals surface area contributed by atoms with Crippen LogP contribution in [0.25, 0.3) is 0 Å². The molecule has 1 aliphatic rings.